The Labute approximate surface area is 121 Å². The third kappa shape index (κ3) is 2.78. The Morgan fingerprint density at radius 1 is 1.24 bits per heavy atom. The van der Waals surface area contributed by atoms with Crippen LogP contribution in [0.4, 0.5) is 4.39 Å². The van der Waals surface area contributed by atoms with E-state index in [-0.39, 0.29) is 0 Å². The molecule has 1 unspecified atom stereocenters. The quantitative estimate of drug-likeness (QED) is 0.704. The maximum absolute atomic E-state index is 13.2. The highest BCUT2D eigenvalue weighted by Gasteiger charge is 2.35. The van der Waals surface area contributed by atoms with E-state index >= 15 is 0 Å². The Morgan fingerprint density at radius 3 is 2.67 bits per heavy atom. The van der Waals surface area contributed by atoms with Gasteiger partial charge in [0.2, 0.25) is 11.9 Å². The molecule has 1 atom stereocenters. The lowest BCUT2D eigenvalue weighted by molar-refractivity contribution is -0.130. The molecule has 2 amide bonds. The van der Waals surface area contributed by atoms with E-state index in [1.807, 2.05) is 4.90 Å². The molecule has 2 heterocycles. The first-order valence-corrected chi connectivity index (χ1v) is 6.80. The molecule has 0 radical (unpaired) electrons. The average Bonchev–Trinajstić information content (AvgIpc) is 2.47. The lowest BCUT2D eigenvalue weighted by Crippen LogP contribution is -2.55. The van der Waals surface area contributed by atoms with Gasteiger partial charge >= 0.3 is 0 Å². The van der Waals surface area contributed by atoms with Gasteiger partial charge in [0.05, 0.1) is 0 Å². The third-order valence-corrected chi connectivity index (χ3v) is 3.56. The van der Waals surface area contributed by atoms with Crippen molar-refractivity contribution in [2.24, 2.45) is 4.99 Å². The smallest absolute Gasteiger partial charge is 0.265 e. The zero-order chi connectivity index (χ0) is 14.8. The molecular weight excluding hydrogens is 275 g/mol. The van der Waals surface area contributed by atoms with Gasteiger partial charge in [-0.1, -0.05) is 12.1 Å². The zero-order valence-electron chi connectivity index (χ0n) is 11.3. The summed E-state index contributed by atoms with van der Waals surface area (Å²) >= 11 is 0. The van der Waals surface area contributed by atoms with E-state index in [1.54, 1.807) is 6.07 Å². The lowest BCUT2D eigenvalue weighted by atomic mass is 9.96. The maximum Gasteiger partial charge on any atom is 0.265 e. The van der Waals surface area contributed by atoms with Crippen LogP contribution in [0, 0.1) is 5.82 Å². The molecule has 2 aliphatic heterocycles. The second kappa shape index (κ2) is 5.61. The number of benzene rings is 1. The Bertz CT molecular complexity index is 611. The highest BCUT2D eigenvalue weighted by molar-refractivity contribution is 6.18. The van der Waals surface area contributed by atoms with Gasteiger partial charge in [0.25, 0.3) is 5.91 Å². The van der Waals surface area contributed by atoms with Gasteiger partial charge in [-0.25, -0.2) is 4.39 Å². The highest BCUT2D eigenvalue weighted by Crippen LogP contribution is 2.21. The zero-order valence-corrected chi connectivity index (χ0v) is 11.3. The molecule has 0 saturated carbocycles. The summed E-state index contributed by atoms with van der Waals surface area (Å²) in [5, 5.41) is 5.83. The summed E-state index contributed by atoms with van der Waals surface area (Å²) in [6.45, 7) is 2.90. The number of aliphatic imine (C=N–C) groups is 1. The number of hydrogen-bond acceptors (Lipinski definition) is 4. The van der Waals surface area contributed by atoms with Crippen molar-refractivity contribution in [2.45, 2.75) is 5.92 Å². The number of carbonyl (C=O) groups is 2. The van der Waals surface area contributed by atoms with E-state index in [1.165, 1.54) is 18.2 Å². The van der Waals surface area contributed by atoms with E-state index in [2.05, 4.69) is 15.6 Å². The topological polar surface area (TPSA) is 73.8 Å². The molecule has 1 aromatic rings. The minimum Gasteiger partial charge on any atom is -0.340 e. The molecule has 0 aromatic heterocycles. The van der Waals surface area contributed by atoms with Crippen molar-refractivity contribution in [1.29, 1.82) is 0 Å². The van der Waals surface area contributed by atoms with E-state index < -0.39 is 23.5 Å². The van der Waals surface area contributed by atoms with Crippen molar-refractivity contribution in [3.05, 3.63) is 35.6 Å². The van der Waals surface area contributed by atoms with E-state index in [9.17, 15) is 14.0 Å². The maximum atomic E-state index is 13.2. The van der Waals surface area contributed by atoms with Gasteiger partial charge in [-0.15, -0.1) is 0 Å². The van der Waals surface area contributed by atoms with Crippen LogP contribution in [0.3, 0.4) is 0 Å². The Hall–Kier alpha value is -2.28. The summed E-state index contributed by atoms with van der Waals surface area (Å²) in [6, 6.07) is 5.48. The van der Waals surface area contributed by atoms with Crippen LogP contribution in [0.2, 0.25) is 0 Å². The van der Waals surface area contributed by atoms with E-state index in [0.29, 0.717) is 24.6 Å². The fourth-order valence-electron chi connectivity index (χ4n) is 2.50. The summed E-state index contributed by atoms with van der Waals surface area (Å²) in [5.74, 6) is -2.29. The monoisotopic (exact) mass is 290 g/mol. The average molecular weight is 290 g/mol. The Morgan fingerprint density at radius 2 is 2.00 bits per heavy atom. The molecule has 110 valence electrons. The molecule has 2 aliphatic rings. The first-order valence-electron chi connectivity index (χ1n) is 6.80. The summed E-state index contributed by atoms with van der Waals surface area (Å²) in [6.07, 6.45) is 0. The van der Waals surface area contributed by atoms with Crippen LogP contribution in [0.25, 0.3) is 0 Å². The van der Waals surface area contributed by atoms with Crippen molar-refractivity contribution in [1.82, 2.24) is 15.5 Å². The molecule has 2 N–H and O–H groups in total. The highest BCUT2D eigenvalue weighted by atomic mass is 19.1. The molecule has 0 spiro atoms. The summed E-state index contributed by atoms with van der Waals surface area (Å²) in [5.41, 5.74) is 0.320. The molecule has 1 fully saturated rings. The number of amides is 2. The number of hydrogen-bond donors (Lipinski definition) is 2. The first kappa shape index (κ1) is 13.7. The molecule has 1 aromatic carbocycles. The van der Waals surface area contributed by atoms with Crippen LogP contribution in [-0.4, -0.2) is 48.9 Å². The van der Waals surface area contributed by atoms with Crippen molar-refractivity contribution in [3.63, 3.8) is 0 Å². The number of nitrogens with zero attached hydrogens (tertiary/aromatic N) is 2. The third-order valence-electron chi connectivity index (χ3n) is 3.56. The van der Waals surface area contributed by atoms with Gasteiger partial charge in [0.15, 0.2) is 0 Å². The fourth-order valence-corrected chi connectivity index (χ4v) is 2.50. The summed E-state index contributed by atoms with van der Waals surface area (Å²) in [7, 11) is 0. The van der Waals surface area contributed by atoms with Crippen molar-refractivity contribution < 1.29 is 14.0 Å². The molecule has 0 aliphatic carbocycles. The van der Waals surface area contributed by atoms with Gasteiger partial charge in [0.1, 0.15) is 11.7 Å². The van der Waals surface area contributed by atoms with Gasteiger partial charge in [-0.3, -0.25) is 14.9 Å². The number of guanidine groups is 1. The number of rotatable bonds is 1. The molecular formula is C14H15FN4O2. The number of piperazine rings is 1. The minimum absolute atomic E-state index is 0.291. The minimum atomic E-state index is -1.08. The van der Waals surface area contributed by atoms with Gasteiger partial charge in [-0.05, 0) is 17.7 Å². The predicted molar refractivity (Wildman–Crippen MR) is 74.2 cm³/mol. The SMILES string of the molecule is O=C1N=C(N2CCNCC2)NC(=O)C1c1cccc(F)c1. The Balaban J connectivity index is 1.85. The molecule has 3 rings (SSSR count). The number of nitrogens with one attached hydrogen (secondary N) is 2. The molecule has 6 nitrogen and oxygen atoms in total. The van der Waals surface area contributed by atoms with Gasteiger partial charge in [-0.2, -0.15) is 4.99 Å². The van der Waals surface area contributed by atoms with Crippen molar-refractivity contribution >= 4 is 17.8 Å². The standard InChI is InChI=1S/C14H15FN4O2/c15-10-3-1-2-9(8-10)11-12(20)17-14(18-13(11)21)19-6-4-16-5-7-19/h1-3,8,11,16H,4-7H2,(H,17,18,20,21). The molecule has 7 heteroatoms. The molecule has 21 heavy (non-hydrogen) atoms. The predicted octanol–water partition coefficient (Wildman–Crippen LogP) is -0.173. The van der Waals surface area contributed by atoms with Crippen molar-refractivity contribution in [2.75, 3.05) is 26.2 Å². The number of halogens is 1. The largest absolute Gasteiger partial charge is 0.340 e. The second-order valence-electron chi connectivity index (χ2n) is 4.99. The lowest BCUT2D eigenvalue weighted by Gasteiger charge is -2.32. The van der Waals surface area contributed by atoms with Crippen LogP contribution in [-0.2, 0) is 9.59 Å². The summed E-state index contributed by atoms with van der Waals surface area (Å²) in [4.78, 5) is 30.2. The fraction of sp³-hybridized carbons (Fsp3) is 0.357. The number of carbonyl (C=O) groups excluding carboxylic acids is 2. The first-order chi connectivity index (χ1) is 10.1. The second-order valence-corrected chi connectivity index (χ2v) is 4.99. The molecule has 0 bridgehead atoms. The van der Waals surface area contributed by atoms with Crippen LogP contribution in [0.1, 0.15) is 11.5 Å². The Kier molecular flexibility index (Phi) is 3.66. The van der Waals surface area contributed by atoms with Crippen LogP contribution >= 0.6 is 0 Å². The van der Waals surface area contributed by atoms with Gasteiger partial charge in [0, 0.05) is 26.2 Å². The van der Waals surface area contributed by atoms with E-state index in [4.69, 9.17) is 0 Å². The van der Waals surface area contributed by atoms with E-state index in [0.717, 1.165) is 13.1 Å². The van der Waals surface area contributed by atoms with Crippen molar-refractivity contribution in [3.8, 4) is 0 Å². The van der Waals surface area contributed by atoms with Crippen LogP contribution in [0.15, 0.2) is 29.3 Å². The van der Waals surface area contributed by atoms with Crippen LogP contribution < -0.4 is 10.6 Å². The normalized spacial score (nSPS) is 22.8. The summed E-state index contributed by atoms with van der Waals surface area (Å²) < 4.78 is 13.2. The van der Waals surface area contributed by atoms with Gasteiger partial charge < -0.3 is 10.2 Å². The molecule has 1 saturated heterocycles. The van der Waals surface area contributed by atoms with Crippen LogP contribution in [0.5, 0.6) is 0 Å².